The number of carbonyl (C=O) groups excluding carboxylic acids is 1. The second-order valence-electron chi connectivity index (χ2n) is 6.59. The van der Waals surface area contributed by atoms with Gasteiger partial charge in [0.05, 0.1) is 12.5 Å². The van der Waals surface area contributed by atoms with Gasteiger partial charge in [0.25, 0.3) is 5.91 Å². The van der Waals surface area contributed by atoms with Crippen LogP contribution in [0.15, 0.2) is 57.7 Å². The fourth-order valence-corrected chi connectivity index (χ4v) is 3.24. The second-order valence-corrected chi connectivity index (χ2v) is 6.59. The summed E-state index contributed by atoms with van der Waals surface area (Å²) in [4.78, 5) is 26.2. The van der Waals surface area contributed by atoms with Crippen LogP contribution in [0.1, 0.15) is 24.5 Å². The average molecular weight is 390 g/mol. The zero-order chi connectivity index (χ0) is 20.8. The van der Waals surface area contributed by atoms with E-state index in [0.29, 0.717) is 29.0 Å². The Labute approximate surface area is 168 Å². The molecule has 3 rings (SSSR count). The molecule has 0 aliphatic carbocycles. The molecule has 0 unspecified atom stereocenters. The number of hydrogen-bond acceptors (Lipinski definition) is 5. The van der Waals surface area contributed by atoms with Crippen molar-refractivity contribution < 1.29 is 13.9 Å². The highest BCUT2D eigenvalue weighted by Gasteiger charge is 2.17. The fraction of sp³-hybridized carbons (Fsp3) is 0.261. The summed E-state index contributed by atoms with van der Waals surface area (Å²) in [5.41, 5.74) is 2.37. The van der Waals surface area contributed by atoms with Crippen LogP contribution in [0.25, 0.3) is 11.0 Å². The maximum absolute atomic E-state index is 12.8. The van der Waals surface area contributed by atoms with Crippen LogP contribution < -0.4 is 15.3 Å². The Kier molecular flexibility index (Phi) is 6.30. The van der Waals surface area contributed by atoms with Crippen molar-refractivity contribution in [2.24, 2.45) is 0 Å². The van der Waals surface area contributed by atoms with Crippen molar-refractivity contribution in [3.8, 4) is 11.8 Å². The van der Waals surface area contributed by atoms with E-state index in [0.717, 1.165) is 10.9 Å². The van der Waals surface area contributed by atoms with Gasteiger partial charge in [-0.15, -0.1) is 0 Å². The normalized spacial score (nSPS) is 10.5. The number of para-hydroxylation sites is 1. The summed E-state index contributed by atoms with van der Waals surface area (Å²) in [5, 5.41) is 9.76. The third-order valence-electron chi connectivity index (χ3n) is 4.75. The molecule has 0 saturated heterocycles. The predicted octanol–water partition coefficient (Wildman–Crippen LogP) is 3.99. The van der Waals surface area contributed by atoms with Crippen LogP contribution in [0.4, 0.5) is 5.69 Å². The van der Waals surface area contributed by atoms with Gasteiger partial charge in [-0.05, 0) is 43.2 Å². The summed E-state index contributed by atoms with van der Waals surface area (Å²) in [5.74, 6) is 0.227. The molecule has 0 aliphatic heterocycles. The molecule has 1 aromatic heterocycles. The van der Waals surface area contributed by atoms with E-state index in [2.05, 4.69) is 6.07 Å². The maximum atomic E-state index is 12.8. The lowest BCUT2D eigenvalue weighted by molar-refractivity contribution is -0.120. The molecule has 0 radical (unpaired) electrons. The van der Waals surface area contributed by atoms with Gasteiger partial charge in [0.2, 0.25) is 0 Å². The highest BCUT2D eigenvalue weighted by atomic mass is 16.5. The Bertz CT molecular complexity index is 1110. The lowest BCUT2D eigenvalue weighted by Crippen LogP contribution is -2.35. The van der Waals surface area contributed by atoms with Gasteiger partial charge in [-0.25, -0.2) is 4.79 Å². The average Bonchev–Trinajstić information content (AvgIpc) is 2.74. The summed E-state index contributed by atoms with van der Waals surface area (Å²) in [7, 11) is 0. The fourth-order valence-electron chi connectivity index (χ4n) is 3.24. The molecule has 1 amide bonds. The van der Waals surface area contributed by atoms with Crippen LogP contribution in [0.3, 0.4) is 0 Å². The Balaban J connectivity index is 1.83. The third-order valence-corrected chi connectivity index (χ3v) is 4.75. The summed E-state index contributed by atoms with van der Waals surface area (Å²) < 4.78 is 11.2. The minimum Gasteiger partial charge on any atom is -0.483 e. The van der Waals surface area contributed by atoms with Gasteiger partial charge in [-0.1, -0.05) is 25.1 Å². The van der Waals surface area contributed by atoms with E-state index in [4.69, 9.17) is 14.4 Å². The molecule has 0 N–H and O–H groups in total. The molecule has 3 aromatic rings. The zero-order valence-electron chi connectivity index (χ0n) is 16.5. The highest BCUT2D eigenvalue weighted by Crippen LogP contribution is 2.28. The number of carbonyl (C=O) groups is 1. The first-order valence-electron chi connectivity index (χ1n) is 9.46. The standard InChI is InChI=1S/C23H22N2O4/c1-3-17-14-22(27)29-23-16(2)20(11-10-19(17)23)28-15-21(26)25(13-7-12-24)18-8-5-4-6-9-18/h4-6,8-11,14H,3,7,13,15H2,1-2H3. The van der Waals surface area contributed by atoms with Crippen LogP contribution in [0.5, 0.6) is 5.75 Å². The molecular weight excluding hydrogens is 368 g/mol. The van der Waals surface area contributed by atoms with Gasteiger partial charge in [0.15, 0.2) is 6.61 Å². The Hall–Kier alpha value is -3.59. The molecule has 1 heterocycles. The third kappa shape index (κ3) is 4.46. The molecule has 0 spiro atoms. The number of rotatable bonds is 7. The lowest BCUT2D eigenvalue weighted by atomic mass is 10.0. The van der Waals surface area contributed by atoms with Crippen molar-refractivity contribution >= 4 is 22.6 Å². The molecule has 0 bridgehead atoms. The topological polar surface area (TPSA) is 83.5 Å². The summed E-state index contributed by atoms with van der Waals surface area (Å²) >= 11 is 0. The number of anilines is 1. The molecule has 2 aromatic carbocycles. The number of fused-ring (bicyclic) bond motifs is 1. The van der Waals surface area contributed by atoms with Crippen LogP contribution in [-0.4, -0.2) is 19.1 Å². The molecule has 148 valence electrons. The quantitative estimate of drug-likeness (QED) is 0.570. The number of nitriles is 1. The Morgan fingerprint density at radius 3 is 2.66 bits per heavy atom. The van der Waals surface area contributed by atoms with Crippen LogP contribution in [-0.2, 0) is 11.2 Å². The molecule has 0 fully saturated rings. The smallest absolute Gasteiger partial charge is 0.336 e. The van der Waals surface area contributed by atoms with Gasteiger partial charge >= 0.3 is 5.63 Å². The summed E-state index contributed by atoms with van der Waals surface area (Å²) in [6.45, 7) is 3.87. The zero-order valence-corrected chi connectivity index (χ0v) is 16.5. The molecule has 6 heteroatoms. The number of amides is 1. The van der Waals surface area contributed by atoms with Gasteiger partial charge in [-0.2, -0.15) is 5.26 Å². The van der Waals surface area contributed by atoms with Crippen LogP contribution in [0.2, 0.25) is 0 Å². The minimum atomic E-state index is -0.405. The highest BCUT2D eigenvalue weighted by molar-refractivity contribution is 5.94. The molecule has 6 nitrogen and oxygen atoms in total. The molecule has 0 atom stereocenters. The number of ether oxygens (including phenoxy) is 1. The van der Waals surface area contributed by atoms with Crippen molar-refractivity contribution in [2.45, 2.75) is 26.7 Å². The van der Waals surface area contributed by atoms with E-state index in [1.807, 2.05) is 43.3 Å². The largest absolute Gasteiger partial charge is 0.483 e. The van der Waals surface area contributed by atoms with Gasteiger partial charge in [-0.3, -0.25) is 4.79 Å². The van der Waals surface area contributed by atoms with E-state index in [1.165, 1.54) is 11.0 Å². The maximum Gasteiger partial charge on any atom is 0.336 e. The van der Waals surface area contributed by atoms with Crippen LogP contribution in [0, 0.1) is 18.3 Å². The SMILES string of the molecule is CCc1cc(=O)oc2c(C)c(OCC(=O)N(CCC#N)c3ccccc3)ccc12. The van der Waals surface area contributed by atoms with Crippen LogP contribution >= 0.6 is 0 Å². The number of benzene rings is 2. The number of nitrogens with zero attached hydrogens (tertiary/aromatic N) is 2. The van der Waals surface area contributed by atoms with E-state index >= 15 is 0 Å². The second kappa shape index (κ2) is 9.07. The van der Waals surface area contributed by atoms with Crippen molar-refractivity contribution in [3.05, 3.63) is 70.1 Å². The van der Waals surface area contributed by atoms with Crippen molar-refractivity contribution in [2.75, 3.05) is 18.1 Å². The van der Waals surface area contributed by atoms with E-state index in [1.54, 1.807) is 13.0 Å². The van der Waals surface area contributed by atoms with Gasteiger partial charge in [0, 0.05) is 29.2 Å². The number of aryl methyl sites for hydroxylation is 2. The van der Waals surface area contributed by atoms with Crippen molar-refractivity contribution in [1.82, 2.24) is 0 Å². The molecule has 29 heavy (non-hydrogen) atoms. The van der Waals surface area contributed by atoms with Gasteiger partial charge < -0.3 is 14.1 Å². The molecular formula is C23H22N2O4. The summed E-state index contributed by atoms with van der Waals surface area (Å²) in [6, 6.07) is 16.4. The van der Waals surface area contributed by atoms with Gasteiger partial charge in [0.1, 0.15) is 11.3 Å². The Morgan fingerprint density at radius 1 is 1.21 bits per heavy atom. The van der Waals surface area contributed by atoms with E-state index in [-0.39, 0.29) is 25.5 Å². The lowest BCUT2D eigenvalue weighted by Gasteiger charge is -2.22. The van der Waals surface area contributed by atoms with Crippen molar-refractivity contribution in [3.63, 3.8) is 0 Å². The first kappa shape index (κ1) is 20.2. The monoisotopic (exact) mass is 390 g/mol. The molecule has 0 saturated carbocycles. The van der Waals surface area contributed by atoms with E-state index in [9.17, 15) is 9.59 Å². The first-order chi connectivity index (χ1) is 14.0. The number of hydrogen-bond donors (Lipinski definition) is 0. The minimum absolute atomic E-state index is 0.190. The summed E-state index contributed by atoms with van der Waals surface area (Å²) in [6.07, 6.45) is 0.936. The first-order valence-corrected chi connectivity index (χ1v) is 9.46. The molecule has 0 aliphatic rings. The predicted molar refractivity (Wildman–Crippen MR) is 111 cm³/mol. The van der Waals surface area contributed by atoms with E-state index < -0.39 is 5.63 Å². The Morgan fingerprint density at radius 2 is 1.97 bits per heavy atom. The van der Waals surface area contributed by atoms with Crippen molar-refractivity contribution in [1.29, 1.82) is 5.26 Å².